The number of rotatable bonds is 18. The minimum Gasteiger partial charge on any atom is -0.453 e. The Morgan fingerprint density at radius 1 is 0.836 bits per heavy atom. The summed E-state index contributed by atoms with van der Waals surface area (Å²) in [6.07, 6.45) is 9.78. The summed E-state index contributed by atoms with van der Waals surface area (Å²) in [5.41, 5.74) is 5.09. The number of amides is 3. The van der Waals surface area contributed by atoms with Gasteiger partial charge in [-0.25, -0.2) is 9.78 Å². The second-order valence-electron chi connectivity index (χ2n) is 20.1. The van der Waals surface area contributed by atoms with Gasteiger partial charge in [-0.1, -0.05) is 78.1 Å². The first-order chi connectivity index (χ1) is 29.0. The van der Waals surface area contributed by atoms with Crippen LogP contribution in [-0.4, -0.2) is 117 Å². The normalized spacial score (nSPS) is 18.3. The van der Waals surface area contributed by atoms with Crippen LogP contribution in [0.1, 0.15) is 86.2 Å². The van der Waals surface area contributed by atoms with E-state index in [0.717, 1.165) is 73.0 Å². The van der Waals surface area contributed by atoms with E-state index in [-0.39, 0.29) is 23.8 Å². The van der Waals surface area contributed by atoms with Crippen LogP contribution in [0, 0.1) is 5.92 Å². The van der Waals surface area contributed by atoms with Crippen molar-refractivity contribution in [2.24, 2.45) is 5.92 Å². The number of benzene rings is 1. The van der Waals surface area contributed by atoms with Crippen molar-refractivity contribution in [2.75, 3.05) is 57.9 Å². The third-order valence-corrected chi connectivity index (χ3v) is 16.0. The molecule has 2 aliphatic heterocycles. The minimum atomic E-state index is -1.31. The van der Waals surface area contributed by atoms with E-state index in [9.17, 15) is 14.4 Å². The predicted molar refractivity (Wildman–Crippen MR) is 247 cm³/mol. The lowest BCUT2D eigenvalue weighted by molar-refractivity contribution is -0.135. The number of methoxy groups -OCH3 is 1. The van der Waals surface area contributed by atoms with Crippen LogP contribution in [0.4, 0.5) is 10.5 Å². The van der Waals surface area contributed by atoms with Crippen molar-refractivity contribution in [3.05, 3.63) is 59.8 Å². The molecule has 1 saturated carbocycles. The van der Waals surface area contributed by atoms with Crippen LogP contribution in [0.3, 0.4) is 0 Å². The molecule has 3 fully saturated rings. The van der Waals surface area contributed by atoms with E-state index in [0.29, 0.717) is 45.6 Å². The number of alkyl carbamates (subject to hydrolysis) is 1. The van der Waals surface area contributed by atoms with Gasteiger partial charge in [0.05, 0.1) is 30.6 Å². The van der Waals surface area contributed by atoms with Gasteiger partial charge in [-0.3, -0.25) is 9.59 Å². The van der Waals surface area contributed by atoms with Gasteiger partial charge >= 0.3 is 6.09 Å². The standard InChI is InChI=1S/C46H73N7O6Si2/c1-34(2)42(48-46(56)57-3)45(55)52-20-12-15-39(52)43-47-30-41(53(43)33-59-26-28-61(7,8)9)36-16-18-38(19-17-36)49-21-23-50(24-22-49)44(54)37-29-40(35-13-10-11-14-35)51(31-37)32-58-25-27-60(4,5)6/h16-19,29-31,34-35,39,42H,10-15,20-28,32-33H2,1-9H3,(H,48,56)/t39-,42-/m0/s1. The van der Waals surface area contributed by atoms with Gasteiger partial charge in [0, 0.05) is 79.7 Å². The van der Waals surface area contributed by atoms with E-state index < -0.39 is 28.3 Å². The number of imidazole rings is 1. The maximum Gasteiger partial charge on any atom is 0.407 e. The van der Waals surface area contributed by atoms with Crippen molar-refractivity contribution in [1.82, 2.24) is 29.2 Å². The van der Waals surface area contributed by atoms with Crippen molar-refractivity contribution in [1.29, 1.82) is 0 Å². The first-order valence-electron chi connectivity index (χ1n) is 22.7. The van der Waals surface area contributed by atoms with E-state index in [4.69, 9.17) is 19.2 Å². The SMILES string of the molecule is COC(=O)N[C@H](C(=O)N1CCC[C@H]1c1ncc(-c2ccc(N3CCN(C(=O)c4cc(C5CCCC5)n(COCC[Si](C)(C)C)c4)CC3)cc2)n1COCC[Si](C)(C)C)C(C)C. The molecular formula is C46H73N7O6Si2. The number of hydrogen-bond acceptors (Lipinski definition) is 8. The van der Waals surface area contributed by atoms with Gasteiger partial charge in [-0.05, 0) is 73.4 Å². The molecule has 0 radical (unpaired) electrons. The number of carbonyl (C=O) groups is 3. The lowest BCUT2D eigenvalue weighted by Gasteiger charge is -2.36. The Labute approximate surface area is 366 Å². The molecule has 1 N–H and O–H groups in total. The molecule has 2 atom stereocenters. The molecule has 0 bridgehead atoms. The number of ether oxygens (including phenoxy) is 3. The van der Waals surface area contributed by atoms with Crippen molar-refractivity contribution in [3.8, 4) is 11.3 Å². The number of hydrogen-bond donors (Lipinski definition) is 1. The fourth-order valence-electron chi connectivity index (χ4n) is 8.79. The third kappa shape index (κ3) is 12.2. The van der Waals surface area contributed by atoms with Crippen LogP contribution >= 0.6 is 0 Å². The summed E-state index contributed by atoms with van der Waals surface area (Å²) in [5.74, 6) is 1.14. The van der Waals surface area contributed by atoms with Crippen molar-refractivity contribution < 1.29 is 28.6 Å². The molecule has 3 amide bonds. The van der Waals surface area contributed by atoms with Gasteiger partial charge in [-0.15, -0.1) is 0 Å². The molecule has 61 heavy (non-hydrogen) atoms. The summed E-state index contributed by atoms with van der Waals surface area (Å²) in [5, 5.41) is 2.76. The zero-order valence-corrected chi connectivity index (χ0v) is 40.5. The van der Waals surface area contributed by atoms with Crippen molar-refractivity contribution >= 4 is 39.7 Å². The summed E-state index contributed by atoms with van der Waals surface area (Å²) in [4.78, 5) is 51.3. The molecule has 15 heteroatoms. The minimum absolute atomic E-state index is 0.105. The summed E-state index contributed by atoms with van der Waals surface area (Å²) in [6, 6.07) is 12.0. The van der Waals surface area contributed by atoms with Crippen LogP contribution in [-0.2, 0) is 32.5 Å². The number of nitrogens with zero attached hydrogens (tertiary/aromatic N) is 6. The molecule has 13 nitrogen and oxygen atoms in total. The first-order valence-corrected chi connectivity index (χ1v) is 30.1. The zero-order valence-electron chi connectivity index (χ0n) is 38.5. The van der Waals surface area contributed by atoms with Gasteiger partial charge in [0.15, 0.2) is 0 Å². The smallest absolute Gasteiger partial charge is 0.407 e. The molecule has 2 aromatic heterocycles. The topological polar surface area (TPSA) is 123 Å². The Bertz CT molecular complexity index is 1920. The highest BCUT2D eigenvalue weighted by molar-refractivity contribution is 6.76. The highest BCUT2D eigenvalue weighted by atomic mass is 28.3. The average molecular weight is 876 g/mol. The maximum atomic E-state index is 14.0. The van der Waals surface area contributed by atoms with E-state index in [2.05, 4.69) is 89.0 Å². The number of nitrogens with one attached hydrogen (secondary N) is 1. The third-order valence-electron chi connectivity index (χ3n) is 12.6. The Kier molecular flexibility index (Phi) is 15.7. The van der Waals surface area contributed by atoms with Crippen LogP contribution in [0.5, 0.6) is 0 Å². The van der Waals surface area contributed by atoms with Gasteiger partial charge in [0.25, 0.3) is 5.91 Å². The molecule has 3 aromatic rings. The van der Waals surface area contributed by atoms with Gasteiger partial charge in [-0.2, -0.15) is 0 Å². The average Bonchev–Trinajstić information content (AvgIpc) is 4.06. The molecule has 1 aromatic carbocycles. The number of aromatic nitrogens is 3. The highest BCUT2D eigenvalue weighted by Gasteiger charge is 2.39. The first kappa shape index (κ1) is 46.6. The molecule has 6 rings (SSSR count). The Hall–Kier alpha value is -3.93. The van der Waals surface area contributed by atoms with Crippen LogP contribution in [0.2, 0.25) is 51.4 Å². The quantitative estimate of drug-likeness (QED) is 0.0996. The Morgan fingerprint density at radius 3 is 2.08 bits per heavy atom. The van der Waals surface area contributed by atoms with E-state index in [1.807, 2.05) is 36.0 Å². The Balaban J connectivity index is 1.14. The summed E-state index contributed by atoms with van der Waals surface area (Å²) in [7, 11) is -1.18. The summed E-state index contributed by atoms with van der Waals surface area (Å²) < 4.78 is 21.7. The zero-order chi connectivity index (χ0) is 43.9. The number of piperazine rings is 1. The van der Waals surface area contributed by atoms with Gasteiger partial charge in [0.1, 0.15) is 25.3 Å². The molecule has 4 heterocycles. The van der Waals surface area contributed by atoms with Crippen molar-refractivity contribution in [2.45, 2.75) is 135 Å². The lowest BCUT2D eigenvalue weighted by Crippen LogP contribution is -2.51. The summed E-state index contributed by atoms with van der Waals surface area (Å²) in [6.45, 7) is 23.7. The van der Waals surface area contributed by atoms with Gasteiger partial charge < -0.3 is 43.4 Å². The second kappa shape index (κ2) is 20.5. The molecule has 0 unspecified atom stereocenters. The molecule has 336 valence electrons. The van der Waals surface area contributed by atoms with Crippen LogP contribution < -0.4 is 10.2 Å². The van der Waals surface area contributed by atoms with Crippen LogP contribution in [0.15, 0.2) is 42.7 Å². The van der Waals surface area contributed by atoms with E-state index in [1.165, 1.54) is 38.5 Å². The van der Waals surface area contributed by atoms with Crippen LogP contribution in [0.25, 0.3) is 11.3 Å². The summed E-state index contributed by atoms with van der Waals surface area (Å²) >= 11 is 0. The maximum absolute atomic E-state index is 14.0. The molecule has 0 spiro atoms. The molecular weight excluding hydrogens is 803 g/mol. The fraction of sp³-hybridized carbons (Fsp3) is 0.652. The largest absolute Gasteiger partial charge is 0.453 e. The highest BCUT2D eigenvalue weighted by Crippen LogP contribution is 2.37. The van der Waals surface area contributed by atoms with Gasteiger partial charge in [0.2, 0.25) is 5.91 Å². The van der Waals surface area contributed by atoms with Crippen molar-refractivity contribution in [3.63, 3.8) is 0 Å². The number of anilines is 1. The molecule has 3 aliphatic rings. The predicted octanol–water partition coefficient (Wildman–Crippen LogP) is 8.64. The number of carbonyl (C=O) groups excluding carboxylic acids is 3. The monoisotopic (exact) mass is 876 g/mol. The molecule has 1 aliphatic carbocycles. The second-order valence-corrected chi connectivity index (χ2v) is 31.3. The Morgan fingerprint density at radius 2 is 1.48 bits per heavy atom. The molecule has 2 saturated heterocycles. The lowest BCUT2D eigenvalue weighted by atomic mass is 10.0. The fourth-order valence-corrected chi connectivity index (χ4v) is 10.3. The van der Waals surface area contributed by atoms with E-state index in [1.54, 1.807) is 0 Å². The number of likely N-dealkylation sites (tertiary alicyclic amines) is 1. The van der Waals surface area contributed by atoms with E-state index >= 15 is 0 Å².